The molecule has 0 bridgehead atoms. The van der Waals surface area contributed by atoms with E-state index < -0.39 is 41.0 Å². The summed E-state index contributed by atoms with van der Waals surface area (Å²) in [4.78, 5) is 61.0. The maximum atomic E-state index is 13.0. The zero-order valence-corrected chi connectivity index (χ0v) is 21.7. The molecule has 1 aromatic heterocycles. The van der Waals surface area contributed by atoms with Crippen molar-refractivity contribution in [2.24, 2.45) is 0 Å². The second-order valence-electron chi connectivity index (χ2n) is 9.14. The molecule has 0 aromatic carbocycles. The van der Waals surface area contributed by atoms with E-state index in [1.54, 1.807) is 27.0 Å². The van der Waals surface area contributed by atoms with Crippen molar-refractivity contribution in [1.82, 2.24) is 25.2 Å². The van der Waals surface area contributed by atoms with E-state index in [1.807, 2.05) is 0 Å². The summed E-state index contributed by atoms with van der Waals surface area (Å²) in [6.45, 7) is 6.91. The lowest BCUT2D eigenvalue weighted by Gasteiger charge is -2.49. The maximum absolute atomic E-state index is 13.0. The predicted octanol–water partition coefficient (Wildman–Crippen LogP) is 0.510. The van der Waals surface area contributed by atoms with Gasteiger partial charge in [-0.25, -0.2) is 9.59 Å². The lowest BCUT2D eigenvalue weighted by Crippen LogP contribution is -2.70. The fourth-order valence-electron chi connectivity index (χ4n) is 3.50. The van der Waals surface area contributed by atoms with E-state index >= 15 is 0 Å². The van der Waals surface area contributed by atoms with Gasteiger partial charge in [0.05, 0.1) is 12.8 Å². The zero-order chi connectivity index (χ0) is 27.2. The van der Waals surface area contributed by atoms with E-state index in [0.29, 0.717) is 36.5 Å². The van der Waals surface area contributed by atoms with Gasteiger partial charge >= 0.3 is 18.0 Å². The average molecular weight is 540 g/mol. The number of β-lactam (4-membered cyclic amide) rings is 1. The Labute approximate surface area is 217 Å². The molecule has 0 aliphatic carbocycles. The fourth-order valence-corrected chi connectivity index (χ4v) is 4.83. The van der Waals surface area contributed by atoms with Crippen LogP contribution in [0.1, 0.15) is 39.8 Å². The number of aromatic nitrogens is 3. The SMILES string of the molecule is CC(=O)OCC1=C(C(=O)OCCCn2cc(COC=O)nn2)N2C(=O)C(NC(=O)OC(C)(C)C)C2SC1. The Hall–Kier alpha value is -3.62. The van der Waals surface area contributed by atoms with Gasteiger partial charge in [0.15, 0.2) is 0 Å². The number of thioether (sulfide) groups is 1. The molecule has 1 saturated heterocycles. The largest absolute Gasteiger partial charge is 0.461 e. The van der Waals surface area contributed by atoms with Crippen molar-refractivity contribution in [3.63, 3.8) is 0 Å². The van der Waals surface area contributed by atoms with E-state index in [-0.39, 0.29) is 25.5 Å². The van der Waals surface area contributed by atoms with E-state index in [2.05, 4.69) is 20.4 Å². The third-order valence-electron chi connectivity index (χ3n) is 5.01. The first-order chi connectivity index (χ1) is 17.5. The Morgan fingerprint density at radius 1 is 1.24 bits per heavy atom. The Morgan fingerprint density at radius 3 is 2.68 bits per heavy atom. The second-order valence-corrected chi connectivity index (χ2v) is 10.2. The number of hydrogen-bond donors (Lipinski definition) is 1. The molecule has 2 atom stereocenters. The highest BCUT2D eigenvalue weighted by molar-refractivity contribution is 8.00. The second kappa shape index (κ2) is 12.1. The summed E-state index contributed by atoms with van der Waals surface area (Å²) in [5.74, 6) is -1.47. The molecule has 0 saturated carbocycles. The van der Waals surface area contributed by atoms with Crippen molar-refractivity contribution in [3.8, 4) is 0 Å². The molecule has 2 aliphatic heterocycles. The molecular weight excluding hydrogens is 510 g/mol. The van der Waals surface area contributed by atoms with Crippen LogP contribution in [0.2, 0.25) is 0 Å². The number of carbonyl (C=O) groups is 5. The summed E-state index contributed by atoms with van der Waals surface area (Å²) in [7, 11) is 0. The number of carbonyl (C=O) groups excluding carboxylic acids is 5. The number of nitrogens with zero attached hydrogens (tertiary/aromatic N) is 4. The number of rotatable bonds is 11. The van der Waals surface area contributed by atoms with Crippen LogP contribution in [0, 0.1) is 0 Å². The van der Waals surface area contributed by atoms with Gasteiger partial charge in [0.25, 0.3) is 12.4 Å². The normalized spacial score (nSPS) is 18.9. The van der Waals surface area contributed by atoms with Crippen LogP contribution < -0.4 is 5.32 Å². The zero-order valence-electron chi connectivity index (χ0n) is 20.9. The highest BCUT2D eigenvalue weighted by Crippen LogP contribution is 2.40. The van der Waals surface area contributed by atoms with Crippen LogP contribution in [-0.4, -0.2) is 86.3 Å². The first kappa shape index (κ1) is 28.0. The van der Waals surface area contributed by atoms with Crippen LogP contribution in [0.25, 0.3) is 0 Å². The van der Waals surface area contributed by atoms with E-state index in [1.165, 1.54) is 28.3 Å². The summed E-state index contributed by atoms with van der Waals surface area (Å²) in [5, 5.41) is 9.77. The van der Waals surface area contributed by atoms with Gasteiger partial charge in [-0.05, 0) is 20.8 Å². The summed E-state index contributed by atoms with van der Waals surface area (Å²) in [6.07, 6.45) is 1.26. The van der Waals surface area contributed by atoms with Crippen LogP contribution in [0.15, 0.2) is 17.5 Å². The Bertz CT molecular complexity index is 1080. The van der Waals surface area contributed by atoms with Gasteiger partial charge in [-0.15, -0.1) is 16.9 Å². The van der Waals surface area contributed by atoms with Gasteiger partial charge in [-0.2, -0.15) is 0 Å². The van der Waals surface area contributed by atoms with Gasteiger partial charge in [-0.1, -0.05) is 5.21 Å². The van der Waals surface area contributed by atoms with Gasteiger partial charge in [0, 0.05) is 31.2 Å². The molecule has 1 aromatic rings. The Morgan fingerprint density at radius 2 is 2.00 bits per heavy atom. The molecule has 2 aliphatic rings. The molecule has 0 radical (unpaired) electrons. The Kier molecular flexibility index (Phi) is 9.13. The van der Waals surface area contributed by atoms with Gasteiger partial charge < -0.3 is 24.3 Å². The lowest BCUT2D eigenvalue weighted by molar-refractivity contribution is -0.152. The van der Waals surface area contributed by atoms with Crippen molar-refractivity contribution in [2.45, 2.75) is 64.3 Å². The van der Waals surface area contributed by atoms with Gasteiger partial charge in [0.2, 0.25) is 0 Å². The standard InChI is InChI=1S/C22H29N5O9S/c1-13(29)35-9-14-11-37-19-16(23-21(32)36-22(2,3)4)18(30)27(19)17(14)20(31)34-7-5-6-26-8-15(24-25-26)10-33-12-28/h8,12,16,19H,5-7,9-11H2,1-4H3,(H,23,32). The quantitative estimate of drug-likeness (QED) is 0.136. The van der Waals surface area contributed by atoms with Crippen molar-refractivity contribution in [2.75, 3.05) is 19.0 Å². The third kappa shape index (κ3) is 7.44. The minimum absolute atomic E-state index is 0.00454. The highest BCUT2D eigenvalue weighted by atomic mass is 32.2. The van der Waals surface area contributed by atoms with E-state index in [4.69, 9.17) is 14.2 Å². The first-order valence-corrected chi connectivity index (χ1v) is 12.5. The summed E-state index contributed by atoms with van der Waals surface area (Å²) in [5.41, 5.74) is 0.174. The first-order valence-electron chi connectivity index (χ1n) is 11.4. The smallest absolute Gasteiger partial charge is 0.408 e. The number of fused-ring (bicyclic) bond motifs is 1. The number of ether oxygens (including phenoxy) is 4. The minimum Gasteiger partial charge on any atom is -0.461 e. The molecule has 37 heavy (non-hydrogen) atoms. The number of nitrogens with one attached hydrogen (secondary N) is 1. The summed E-state index contributed by atoms with van der Waals surface area (Å²) in [6, 6.07) is -0.873. The molecule has 3 heterocycles. The highest BCUT2D eigenvalue weighted by Gasteiger charge is 2.54. The van der Waals surface area contributed by atoms with Crippen LogP contribution in [0.4, 0.5) is 4.79 Å². The number of amides is 2. The molecule has 0 spiro atoms. The van der Waals surface area contributed by atoms with Gasteiger partial charge in [-0.3, -0.25) is 24.0 Å². The molecular formula is C22H29N5O9S. The third-order valence-corrected chi connectivity index (χ3v) is 6.35. The van der Waals surface area contributed by atoms with Crippen LogP contribution in [-0.2, 0) is 51.3 Å². The van der Waals surface area contributed by atoms with E-state index in [9.17, 15) is 24.0 Å². The lowest BCUT2D eigenvalue weighted by atomic mass is 10.0. The molecule has 202 valence electrons. The minimum atomic E-state index is -0.873. The van der Waals surface area contributed by atoms with Crippen molar-refractivity contribution in [1.29, 1.82) is 0 Å². The molecule has 1 fully saturated rings. The molecule has 14 nitrogen and oxygen atoms in total. The topological polar surface area (TPSA) is 168 Å². The van der Waals surface area contributed by atoms with Crippen LogP contribution in [0.3, 0.4) is 0 Å². The molecule has 3 rings (SSSR count). The molecule has 2 unspecified atom stereocenters. The number of hydrogen-bond acceptors (Lipinski definition) is 12. The summed E-state index contributed by atoms with van der Waals surface area (Å²) < 4.78 is 21.8. The summed E-state index contributed by atoms with van der Waals surface area (Å²) >= 11 is 1.33. The molecule has 15 heteroatoms. The molecule has 2 amide bonds. The number of esters is 2. The number of alkyl carbamates (subject to hydrolysis) is 1. The van der Waals surface area contributed by atoms with Gasteiger partial charge in [0.1, 0.15) is 41.6 Å². The fraction of sp³-hybridized carbons (Fsp3) is 0.591. The molecule has 1 N–H and O–H groups in total. The van der Waals surface area contributed by atoms with E-state index in [0.717, 1.165) is 0 Å². The average Bonchev–Trinajstić information content (AvgIpc) is 3.28. The van der Waals surface area contributed by atoms with Crippen LogP contribution in [0.5, 0.6) is 0 Å². The Balaban J connectivity index is 1.62. The van der Waals surface area contributed by atoms with Crippen LogP contribution >= 0.6 is 11.8 Å². The van der Waals surface area contributed by atoms with Crippen molar-refractivity contribution in [3.05, 3.63) is 23.2 Å². The number of aryl methyl sites for hydroxylation is 1. The van der Waals surface area contributed by atoms with Crippen molar-refractivity contribution >= 4 is 42.2 Å². The predicted molar refractivity (Wildman–Crippen MR) is 126 cm³/mol. The maximum Gasteiger partial charge on any atom is 0.408 e. The van der Waals surface area contributed by atoms with Crippen molar-refractivity contribution < 1.29 is 42.9 Å². The monoisotopic (exact) mass is 539 g/mol.